The molecule has 3 N–H and O–H groups in total. The zero-order valence-electron chi connectivity index (χ0n) is 11.5. The Morgan fingerprint density at radius 1 is 1.29 bits per heavy atom. The van der Waals surface area contributed by atoms with Crippen LogP contribution in [0.15, 0.2) is 0 Å². The lowest BCUT2D eigenvalue weighted by Crippen LogP contribution is -2.49. The van der Waals surface area contributed by atoms with Crippen molar-refractivity contribution in [2.24, 2.45) is 11.3 Å². The summed E-state index contributed by atoms with van der Waals surface area (Å²) in [5.41, 5.74) is -1.25. The highest BCUT2D eigenvalue weighted by Crippen LogP contribution is 2.38. The Morgan fingerprint density at radius 3 is 2.24 bits per heavy atom. The molecule has 1 rings (SSSR count). The SMILES string of the molecule is CC1CCC(CNS(=O)(=O)NCC(F)(F)F)(C(=O)O)CC1. The summed E-state index contributed by atoms with van der Waals surface area (Å²) in [6.45, 7) is -0.136. The van der Waals surface area contributed by atoms with Crippen LogP contribution in [0.25, 0.3) is 0 Å². The number of hydrogen-bond acceptors (Lipinski definition) is 3. The lowest BCUT2D eigenvalue weighted by Gasteiger charge is -2.35. The molecular formula is C11H19F3N2O4S. The summed E-state index contributed by atoms with van der Waals surface area (Å²) < 4.78 is 62.1. The number of halogens is 3. The third kappa shape index (κ3) is 5.79. The lowest BCUT2D eigenvalue weighted by atomic mass is 9.71. The molecule has 6 nitrogen and oxygen atoms in total. The molecule has 1 saturated carbocycles. The van der Waals surface area contributed by atoms with Gasteiger partial charge in [-0.3, -0.25) is 4.79 Å². The minimum absolute atomic E-state index is 0.297. The molecular weight excluding hydrogens is 313 g/mol. The number of carboxylic acids is 1. The van der Waals surface area contributed by atoms with Gasteiger partial charge in [-0.2, -0.15) is 26.3 Å². The Hall–Kier alpha value is -0.870. The maximum absolute atomic E-state index is 12.0. The minimum Gasteiger partial charge on any atom is -0.481 e. The molecule has 0 amide bonds. The number of alkyl halides is 3. The van der Waals surface area contributed by atoms with E-state index in [4.69, 9.17) is 0 Å². The Kier molecular flexibility index (Phi) is 5.62. The summed E-state index contributed by atoms with van der Waals surface area (Å²) in [4.78, 5) is 11.4. The van der Waals surface area contributed by atoms with Crippen LogP contribution in [0, 0.1) is 11.3 Å². The molecule has 21 heavy (non-hydrogen) atoms. The second kappa shape index (κ2) is 6.49. The van der Waals surface area contributed by atoms with E-state index in [-0.39, 0.29) is 0 Å². The predicted octanol–water partition coefficient (Wildman–Crippen LogP) is 1.25. The molecule has 0 spiro atoms. The van der Waals surface area contributed by atoms with Gasteiger partial charge in [0.1, 0.15) is 6.54 Å². The van der Waals surface area contributed by atoms with Crippen molar-refractivity contribution in [1.29, 1.82) is 0 Å². The molecule has 1 aliphatic carbocycles. The van der Waals surface area contributed by atoms with Crippen molar-refractivity contribution in [3.05, 3.63) is 0 Å². The van der Waals surface area contributed by atoms with Crippen molar-refractivity contribution < 1.29 is 31.5 Å². The molecule has 0 aromatic heterocycles. The van der Waals surface area contributed by atoms with E-state index in [0.29, 0.717) is 31.6 Å². The van der Waals surface area contributed by atoms with Gasteiger partial charge in [0.15, 0.2) is 0 Å². The fourth-order valence-electron chi connectivity index (χ4n) is 2.24. The summed E-state index contributed by atoms with van der Waals surface area (Å²) in [5.74, 6) is -0.773. The second-order valence-corrected chi connectivity index (χ2v) is 7.11. The Balaban J connectivity index is 2.63. The molecule has 0 radical (unpaired) electrons. The van der Waals surface area contributed by atoms with E-state index in [2.05, 4.69) is 0 Å². The van der Waals surface area contributed by atoms with Gasteiger partial charge in [0.2, 0.25) is 0 Å². The van der Waals surface area contributed by atoms with Gasteiger partial charge in [-0.15, -0.1) is 0 Å². The van der Waals surface area contributed by atoms with Gasteiger partial charge in [0.25, 0.3) is 10.2 Å². The first-order chi connectivity index (χ1) is 9.46. The van der Waals surface area contributed by atoms with Crippen LogP contribution < -0.4 is 9.44 Å². The second-order valence-electron chi connectivity index (χ2n) is 5.53. The van der Waals surface area contributed by atoms with Crippen LogP contribution in [0.3, 0.4) is 0 Å². The van der Waals surface area contributed by atoms with Gasteiger partial charge < -0.3 is 5.11 Å². The molecule has 0 aromatic carbocycles. The van der Waals surface area contributed by atoms with E-state index in [1.165, 1.54) is 4.72 Å². The van der Waals surface area contributed by atoms with Crippen LogP contribution in [0.2, 0.25) is 0 Å². The maximum Gasteiger partial charge on any atom is 0.402 e. The first-order valence-corrected chi connectivity index (χ1v) is 7.98. The fraction of sp³-hybridized carbons (Fsp3) is 0.909. The third-order valence-corrected chi connectivity index (χ3v) is 4.80. The number of aliphatic carboxylic acids is 1. The molecule has 0 aliphatic heterocycles. The Morgan fingerprint density at radius 2 is 1.81 bits per heavy atom. The van der Waals surface area contributed by atoms with Crippen molar-refractivity contribution >= 4 is 16.2 Å². The molecule has 1 fully saturated rings. The van der Waals surface area contributed by atoms with Crippen molar-refractivity contribution in [2.75, 3.05) is 13.1 Å². The highest BCUT2D eigenvalue weighted by Gasteiger charge is 2.42. The Labute approximate surface area is 121 Å². The maximum atomic E-state index is 12.0. The van der Waals surface area contributed by atoms with E-state index in [1.54, 1.807) is 0 Å². The molecule has 0 bridgehead atoms. The van der Waals surface area contributed by atoms with E-state index >= 15 is 0 Å². The van der Waals surface area contributed by atoms with E-state index in [0.717, 1.165) is 0 Å². The van der Waals surface area contributed by atoms with Crippen molar-refractivity contribution in [3.8, 4) is 0 Å². The first-order valence-electron chi connectivity index (χ1n) is 6.50. The van der Waals surface area contributed by atoms with Gasteiger partial charge >= 0.3 is 12.1 Å². The zero-order valence-corrected chi connectivity index (χ0v) is 12.4. The van der Waals surface area contributed by atoms with Crippen LogP contribution >= 0.6 is 0 Å². The zero-order chi connectivity index (χ0) is 16.3. The standard InChI is InChI=1S/C11H19F3N2O4S/c1-8-2-4-10(5-3-8,9(17)18)6-15-21(19,20)16-7-11(12,13)14/h8,15-16H,2-7H2,1H3,(H,17,18). The highest BCUT2D eigenvalue weighted by molar-refractivity contribution is 7.87. The molecule has 0 aromatic rings. The number of carbonyl (C=O) groups is 1. The van der Waals surface area contributed by atoms with Crippen LogP contribution in [0.4, 0.5) is 13.2 Å². The van der Waals surface area contributed by atoms with Crippen LogP contribution in [0.5, 0.6) is 0 Å². The van der Waals surface area contributed by atoms with Gasteiger partial charge in [0.05, 0.1) is 5.41 Å². The van der Waals surface area contributed by atoms with Crippen LogP contribution in [0.1, 0.15) is 32.6 Å². The monoisotopic (exact) mass is 332 g/mol. The number of rotatable bonds is 6. The lowest BCUT2D eigenvalue weighted by molar-refractivity contribution is -0.151. The van der Waals surface area contributed by atoms with Gasteiger partial charge in [0, 0.05) is 6.54 Å². The molecule has 1 aliphatic rings. The van der Waals surface area contributed by atoms with Gasteiger partial charge in [-0.1, -0.05) is 6.92 Å². The van der Waals surface area contributed by atoms with Crippen LogP contribution in [-0.2, 0) is 15.0 Å². The fourth-order valence-corrected chi connectivity index (χ4v) is 3.16. The Bertz CT molecular complexity index is 470. The van der Waals surface area contributed by atoms with Gasteiger partial charge in [-0.05, 0) is 31.6 Å². The normalized spacial score (nSPS) is 27.5. The quantitative estimate of drug-likeness (QED) is 0.682. The molecule has 124 valence electrons. The van der Waals surface area contributed by atoms with Crippen molar-refractivity contribution in [3.63, 3.8) is 0 Å². The number of hydrogen-bond donors (Lipinski definition) is 3. The summed E-state index contributed by atoms with van der Waals surface area (Å²) in [5, 5.41) is 9.30. The smallest absolute Gasteiger partial charge is 0.402 e. The van der Waals surface area contributed by atoms with E-state index in [9.17, 15) is 31.5 Å². The summed E-state index contributed by atoms with van der Waals surface area (Å²) in [6, 6.07) is 0. The molecule has 0 saturated heterocycles. The molecule has 0 atom stereocenters. The first kappa shape index (κ1) is 18.2. The highest BCUT2D eigenvalue weighted by atomic mass is 32.2. The van der Waals surface area contributed by atoms with E-state index < -0.39 is 40.9 Å². The van der Waals surface area contributed by atoms with Crippen molar-refractivity contribution in [2.45, 2.75) is 38.8 Å². The minimum atomic E-state index is -4.67. The van der Waals surface area contributed by atoms with Crippen molar-refractivity contribution in [1.82, 2.24) is 9.44 Å². The topological polar surface area (TPSA) is 95.5 Å². The number of nitrogens with one attached hydrogen (secondary N) is 2. The van der Waals surface area contributed by atoms with Crippen LogP contribution in [-0.4, -0.2) is 38.8 Å². The summed E-state index contributed by atoms with van der Waals surface area (Å²) in [7, 11) is -4.38. The van der Waals surface area contributed by atoms with E-state index in [1.807, 2.05) is 11.6 Å². The largest absolute Gasteiger partial charge is 0.481 e. The predicted molar refractivity (Wildman–Crippen MR) is 68.7 cm³/mol. The molecule has 10 heteroatoms. The average molecular weight is 332 g/mol. The third-order valence-electron chi connectivity index (χ3n) is 3.75. The van der Waals surface area contributed by atoms with Gasteiger partial charge in [-0.25, -0.2) is 4.72 Å². The number of carboxylic acid groups (broad SMARTS) is 1. The summed E-state index contributed by atoms with van der Waals surface area (Å²) >= 11 is 0. The average Bonchev–Trinajstić information content (AvgIpc) is 2.35. The molecule has 0 heterocycles. The molecule has 0 unspecified atom stereocenters. The summed E-state index contributed by atoms with van der Waals surface area (Å²) in [6.07, 6.45) is -2.79.